The minimum absolute atomic E-state index is 1.03. The highest BCUT2D eigenvalue weighted by molar-refractivity contribution is 5.19. The molecule has 1 rings (SSSR count). The highest BCUT2D eigenvalue weighted by atomic mass is 15.1. The topological polar surface area (TPSA) is 8.81 Å². The summed E-state index contributed by atoms with van der Waals surface area (Å²) in [5.41, 5.74) is 0. The van der Waals surface area contributed by atoms with E-state index in [1.54, 1.807) is 0 Å². The van der Waals surface area contributed by atoms with E-state index in [4.69, 9.17) is 0 Å². The predicted octanol–water partition coefficient (Wildman–Crippen LogP) is 1.68. The molecule has 0 amide bonds. The Bertz CT molecular complexity index is 235. The van der Waals surface area contributed by atoms with Gasteiger partial charge in [0, 0.05) is 0 Å². The standard InChI is InChI=1S/C9H15N2/c1-3-5-6-11-8-7-10(4-2)9-11/h5-9H,3-4H2,1-2H3/q+1/b6-5+. The van der Waals surface area contributed by atoms with E-state index in [1.165, 1.54) is 0 Å². The number of nitrogens with zero attached hydrogens (tertiary/aromatic N) is 2. The monoisotopic (exact) mass is 151 g/mol. The van der Waals surface area contributed by atoms with Crippen LogP contribution < -0.4 is 4.57 Å². The molecule has 0 radical (unpaired) electrons. The molecule has 0 N–H and O–H groups in total. The van der Waals surface area contributed by atoms with Gasteiger partial charge in [-0.3, -0.25) is 0 Å². The van der Waals surface area contributed by atoms with Gasteiger partial charge in [-0.25, -0.2) is 9.13 Å². The van der Waals surface area contributed by atoms with Crippen molar-refractivity contribution in [2.45, 2.75) is 26.8 Å². The van der Waals surface area contributed by atoms with E-state index in [0.717, 1.165) is 13.0 Å². The predicted molar refractivity (Wildman–Crippen MR) is 45.9 cm³/mol. The first kappa shape index (κ1) is 8.05. The van der Waals surface area contributed by atoms with Crippen molar-refractivity contribution < 1.29 is 4.57 Å². The molecule has 0 aliphatic carbocycles. The lowest BCUT2D eigenvalue weighted by atomic mass is 10.5. The number of imidazole rings is 1. The third-order valence-corrected chi connectivity index (χ3v) is 1.59. The van der Waals surface area contributed by atoms with E-state index in [2.05, 4.69) is 54.0 Å². The average molecular weight is 151 g/mol. The Morgan fingerprint density at radius 1 is 1.45 bits per heavy atom. The summed E-state index contributed by atoms with van der Waals surface area (Å²) >= 11 is 0. The summed E-state index contributed by atoms with van der Waals surface area (Å²) < 4.78 is 4.20. The van der Waals surface area contributed by atoms with Crippen LogP contribution in [-0.2, 0) is 6.54 Å². The van der Waals surface area contributed by atoms with Gasteiger partial charge in [0.2, 0.25) is 6.33 Å². The van der Waals surface area contributed by atoms with E-state index in [1.807, 2.05) is 0 Å². The molecule has 0 bridgehead atoms. The summed E-state index contributed by atoms with van der Waals surface area (Å²) in [5.74, 6) is 0. The van der Waals surface area contributed by atoms with Crippen molar-refractivity contribution in [2.75, 3.05) is 0 Å². The van der Waals surface area contributed by atoms with Crippen LogP contribution in [-0.4, -0.2) is 4.57 Å². The van der Waals surface area contributed by atoms with Crippen LogP contribution in [0.1, 0.15) is 20.3 Å². The van der Waals surface area contributed by atoms with Crippen molar-refractivity contribution in [3.63, 3.8) is 0 Å². The normalized spacial score (nSPS) is 11.1. The summed E-state index contributed by atoms with van der Waals surface area (Å²) in [5, 5.41) is 0. The lowest BCUT2D eigenvalue weighted by Gasteiger charge is -1.83. The van der Waals surface area contributed by atoms with Crippen molar-refractivity contribution in [3.8, 4) is 0 Å². The van der Waals surface area contributed by atoms with Gasteiger partial charge in [-0.05, 0) is 19.4 Å². The van der Waals surface area contributed by atoms with Gasteiger partial charge >= 0.3 is 0 Å². The number of hydrogen-bond acceptors (Lipinski definition) is 0. The zero-order valence-corrected chi connectivity index (χ0v) is 7.20. The lowest BCUT2D eigenvalue weighted by molar-refractivity contribution is -0.692. The van der Waals surface area contributed by atoms with Gasteiger partial charge in [-0.2, -0.15) is 0 Å². The first-order valence-corrected chi connectivity index (χ1v) is 4.10. The van der Waals surface area contributed by atoms with Crippen LogP contribution in [0.3, 0.4) is 0 Å². The van der Waals surface area contributed by atoms with Gasteiger partial charge in [0.1, 0.15) is 12.4 Å². The number of rotatable bonds is 3. The number of aromatic nitrogens is 2. The largest absolute Gasteiger partial charge is 0.248 e. The Morgan fingerprint density at radius 2 is 2.27 bits per heavy atom. The maximum absolute atomic E-state index is 2.14. The zero-order chi connectivity index (χ0) is 8.10. The molecule has 0 aromatic carbocycles. The van der Waals surface area contributed by atoms with E-state index in [9.17, 15) is 0 Å². The quantitative estimate of drug-likeness (QED) is 0.581. The molecule has 0 saturated heterocycles. The summed E-state index contributed by atoms with van der Waals surface area (Å²) in [6.45, 7) is 5.30. The second-order valence-electron chi connectivity index (χ2n) is 2.48. The van der Waals surface area contributed by atoms with Gasteiger partial charge in [0.25, 0.3) is 0 Å². The van der Waals surface area contributed by atoms with Crippen LogP contribution in [0.4, 0.5) is 0 Å². The summed E-state index contributed by atoms with van der Waals surface area (Å²) in [4.78, 5) is 0. The van der Waals surface area contributed by atoms with E-state index in [0.29, 0.717) is 0 Å². The maximum atomic E-state index is 2.14. The van der Waals surface area contributed by atoms with Crippen molar-refractivity contribution in [1.29, 1.82) is 0 Å². The molecular weight excluding hydrogens is 136 g/mol. The molecule has 60 valence electrons. The smallest absolute Gasteiger partial charge is 0.237 e. The van der Waals surface area contributed by atoms with Crippen LogP contribution in [0.2, 0.25) is 0 Å². The van der Waals surface area contributed by atoms with Crippen LogP contribution >= 0.6 is 0 Å². The zero-order valence-electron chi connectivity index (χ0n) is 7.20. The molecule has 0 fully saturated rings. The molecule has 1 aromatic heterocycles. The lowest BCUT2D eigenvalue weighted by Crippen LogP contribution is -2.28. The molecule has 0 saturated carbocycles. The Hall–Kier alpha value is -1.05. The first-order chi connectivity index (χ1) is 5.36. The van der Waals surface area contributed by atoms with E-state index < -0.39 is 0 Å². The van der Waals surface area contributed by atoms with Gasteiger partial charge in [-0.1, -0.05) is 6.92 Å². The summed E-state index contributed by atoms with van der Waals surface area (Å²) in [6.07, 6.45) is 11.5. The first-order valence-electron chi connectivity index (χ1n) is 4.10. The highest BCUT2D eigenvalue weighted by Crippen LogP contribution is 1.87. The molecule has 11 heavy (non-hydrogen) atoms. The molecule has 1 aromatic rings. The average Bonchev–Trinajstić information content (AvgIpc) is 2.48. The molecule has 2 heteroatoms. The fourth-order valence-electron chi connectivity index (χ4n) is 0.913. The Kier molecular flexibility index (Phi) is 2.90. The number of aryl methyl sites for hydroxylation is 1. The molecule has 0 aliphatic rings. The minimum Gasteiger partial charge on any atom is -0.237 e. The molecule has 0 unspecified atom stereocenters. The fraction of sp³-hybridized carbons (Fsp3) is 0.444. The second kappa shape index (κ2) is 3.96. The number of hydrogen-bond donors (Lipinski definition) is 0. The van der Waals surface area contributed by atoms with Crippen LogP contribution in [0.5, 0.6) is 0 Å². The summed E-state index contributed by atoms with van der Waals surface area (Å²) in [7, 11) is 0. The molecule has 0 atom stereocenters. The van der Waals surface area contributed by atoms with Gasteiger partial charge in [0.15, 0.2) is 0 Å². The Balaban J connectivity index is 2.65. The molecular formula is C9H15N2+. The Morgan fingerprint density at radius 3 is 2.82 bits per heavy atom. The van der Waals surface area contributed by atoms with Crippen molar-refractivity contribution in [1.82, 2.24) is 4.57 Å². The van der Waals surface area contributed by atoms with Crippen molar-refractivity contribution >= 4 is 6.20 Å². The number of allylic oxidation sites excluding steroid dienone is 1. The van der Waals surface area contributed by atoms with Gasteiger partial charge in [-0.15, -0.1) is 0 Å². The van der Waals surface area contributed by atoms with Gasteiger partial charge in [0.05, 0.1) is 12.7 Å². The van der Waals surface area contributed by atoms with E-state index >= 15 is 0 Å². The fourth-order valence-corrected chi connectivity index (χ4v) is 0.913. The van der Waals surface area contributed by atoms with Crippen LogP contribution in [0.15, 0.2) is 24.8 Å². The van der Waals surface area contributed by atoms with Crippen molar-refractivity contribution in [2.24, 2.45) is 0 Å². The SMILES string of the molecule is CC/C=C/n1cc[n+](CC)c1. The van der Waals surface area contributed by atoms with E-state index in [-0.39, 0.29) is 0 Å². The van der Waals surface area contributed by atoms with Gasteiger partial charge < -0.3 is 0 Å². The summed E-state index contributed by atoms with van der Waals surface area (Å²) in [6, 6.07) is 0. The van der Waals surface area contributed by atoms with Crippen LogP contribution in [0.25, 0.3) is 6.20 Å². The highest BCUT2D eigenvalue weighted by Gasteiger charge is 1.95. The third-order valence-electron chi connectivity index (χ3n) is 1.59. The Labute approximate surface area is 67.8 Å². The minimum atomic E-state index is 1.03. The second-order valence-corrected chi connectivity index (χ2v) is 2.48. The molecule has 0 aliphatic heterocycles. The van der Waals surface area contributed by atoms with Crippen LogP contribution in [0, 0.1) is 0 Å². The molecule has 1 heterocycles. The third kappa shape index (κ3) is 2.22. The molecule has 2 nitrogen and oxygen atoms in total. The van der Waals surface area contributed by atoms with Crippen molar-refractivity contribution in [3.05, 3.63) is 24.8 Å². The maximum Gasteiger partial charge on any atom is 0.248 e. The molecule has 0 spiro atoms.